The maximum atomic E-state index is 13.0. The largest absolute Gasteiger partial charge is 0.477 e. The molecular weight excluding hydrogens is 831 g/mol. The highest BCUT2D eigenvalue weighted by molar-refractivity contribution is 7.21. The number of hydrogen-bond donors (Lipinski definition) is 1. The van der Waals surface area contributed by atoms with Crippen LogP contribution in [0.15, 0.2) is 36.4 Å². The zero-order chi connectivity index (χ0) is 42.4. The maximum Gasteiger partial charge on any atom is 0.416 e. The van der Waals surface area contributed by atoms with Gasteiger partial charge in [-0.15, -0.1) is 22.7 Å². The molecule has 2 aromatic heterocycles. The number of esters is 1. The third kappa shape index (κ3) is 11.2. The van der Waals surface area contributed by atoms with Crippen molar-refractivity contribution >= 4 is 67.0 Å². The van der Waals surface area contributed by atoms with Gasteiger partial charge in [0.15, 0.2) is 0 Å². The van der Waals surface area contributed by atoms with E-state index in [0.717, 1.165) is 60.2 Å². The second-order valence-electron chi connectivity index (χ2n) is 13.7. The summed E-state index contributed by atoms with van der Waals surface area (Å²) in [6, 6.07) is 6.85. The fraction of sp³-hybridized carbons (Fsp3) is 0.500. The molecule has 3 fully saturated rings. The lowest BCUT2D eigenvalue weighted by molar-refractivity contribution is -0.138. The van der Waals surface area contributed by atoms with Crippen LogP contribution < -0.4 is 0 Å². The summed E-state index contributed by atoms with van der Waals surface area (Å²) in [7, 11) is 3.85. The number of rotatable bonds is 4. The topological polar surface area (TPSA) is 132 Å². The molecule has 3 saturated heterocycles. The first kappa shape index (κ1) is 47.1. The van der Waals surface area contributed by atoms with Crippen LogP contribution in [0.3, 0.4) is 0 Å². The van der Waals surface area contributed by atoms with Crippen molar-refractivity contribution in [1.29, 1.82) is 0 Å². The second-order valence-corrected chi connectivity index (χ2v) is 15.8. The van der Waals surface area contributed by atoms with Crippen molar-refractivity contribution in [3.05, 3.63) is 68.4 Å². The van der Waals surface area contributed by atoms with E-state index in [2.05, 4.69) is 4.74 Å². The summed E-state index contributed by atoms with van der Waals surface area (Å²) in [4.78, 5) is 50.6. The number of aromatic carboxylic acids is 1. The molecule has 0 bridgehead atoms. The van der Waals surface area contributed by atoms with E-state index < -0.39 is 47.6 Å². The number of carbonyl (C=O) groups excluding carboxylic acids is 3. The Hall–Kier alpha value is -4.62. The third-order valence-electron chi connectivity index (χ3n) is 10.2. The smallest absolute Gasteiger partial charge is 0.416 e. The van der Waals surface area contributed by atoms with E-state index in [0.29, 0.717) is 88.0 Å². The molecule has 1 N–H and O–H groups in total. The normalized spacial score (nSPS) is 16.4. The number of carboxylic acids is 1. The van der Waals surface area contributed by atoms with Crippen molar-refractivity contribution in [3.8, 4) is 0 Å². The number of benzene rings is 2. The van der Waals surface area contributed by atoms with E-state index in [1.807, 2.05) is 0 Å². The number of piperidine rings is 2. The number of carboxylic acid groups (broad SMARTS) is 1. The fourth-order valence-corrected chi connectivity index (χ4v) is 9.68. The highest BCUT2D eigenvalue weighted by Gasteiger charge is 2.35. The van der Waals surface area contributed by atoms with Crippen LogP contribution in [-0.2, 0) is 31.3 Å². The first-order valence-electron chi connectivity index (χ1n) is 18.3. The number of carbonyl (C=O) groups is 4. The van der Waals surface area contributed by atoms with E-state index in [4.69, 9.17) is 14.2 Å². The van der Waals surface area contributed by atoms with E-state index >= 15 is 0 Å². The number of thiophene rings is 2. The average Bonchev–Trinajstić information content (AvgIpc) is 4.00. The molecule has 4 aromatic rings. The Kier molecular flexibility index (Phi) is 16.0. The number of methoxy groups -OCH3 is 3. The molecule has 0 aliphatic carbocycles. The molecule has 19 heteroatoms. The summed E-state index contributed by atoms with van der Waals surface area (Å²) >= 11 is 1.88. The minimum Gasteiger partial charge on any atom is -0.477 e. The maximum absolute atomic E-state index is 13.0. The summed E-state index contributed by atoms with van der Waals surface area (Å²) in [5.41, 5.74) is -0.272. The molecule has 0 spiro atoms. The van der Waals surface area contributed by atoms with E-state index in [1.165, 1.54) is 51.2 Å². The number of nitrogens with zero attached hydrogens (tertiary/aromatic N) is 2. The number of hydrogen-bond acceptors (Lipinski definition) is 10. The van der Waals surface area contributed by atoms with Crippen LogP contribution in [0, 0.1) is 0 Å². The Morgan fingerprint density at radius 3 is 1.37 bits per heavy atom. The van der Waals surface area contributed by atoms with E-state index in [9.17, 15) is 50.6 Å². The Bertz CT molecular complexity index is 2090. The zero-order valence-electron chi connectivity index (χ0n) is 31.8. The molecule has 324 valence electrons. The Labute approximate surface area is 344 Å². The minimum atomic E-state index is -4.48. The monoisotopic (exact) mass is 876 g/mol. The molecule has 11 nitrogen and oxygen atoms in total. The van der Waals surface area contributed by atoms with Gasteiger partial charge >= 0.3 is 36.5 Å². The predicted molar refractivity (Wildman–Crippen MR) is 211 cm³/mol. The summed E-state index contributed by atoms with van der Waals surface area (Å²) in [5, 5.41) is 10.7. The van der Waals surface area contributed by atoms with Gasteiger partial charge in [0, 0.05) is 48.8 Å². The number of fused-ring (bicyclic) bond motifs is 2. The highest BCUT2D eigenvalue weighted by atomic mass is 32.1. The van der Waals surface area contributed by atoms with Crippen LogP contribution in [-0.4, -0.2) is 99.8 Å². The molecule has 7 rings (SSSR count). The zero-order valence-corrected chi connectivity index (χ0v) is 33.4. The van der Waals surface area contributed by atoms with Gasteiger partial charge in [0.25, 0.3) is 0 Å². The van der Waals surface area contributed by atoms with E-state index in [1.54, 1.807) is 4.90 Å². The van der Waals surface area contributed by atoms with Gasteiger partial charge in [-0.25, -0.2) is 19.2 Å². The highest BCUT2D eigenvalue weighted by Crippen LogP contribution is 2.44. The van der Waals surface area contributed by atoms with Gasteiger partial charge in [-0.05, 0) is 96.5 Å². The van der Waals surface area contributed by atoms with Gasteiger partial charge < -0.3 is 33.9 Å². The molecule has 59 heavy (non-hydrogen) atoms. The summed E-state index contributed by atoms with van der Waals surface area (Å²) in [6.45, 7) is 3.73. The van der Waals surface area contributed by atoms with Crippen LogP contribution in [0.2, 0.25) is 0 Å². The third-order valence-corrected chi connectivity index (χ3v) is 12.5. The molecule has 2 amide bonds. The first-order chi connectivity index (χ1) is 27.5. The lowest BCUT2D eigenvalue weighted by Gasteiger charge is -2.31. The molecule has 0 radical (unpaired) electrons. The Balaban J connectivity index is 0.000000229. The minimum absolute atomic E-state index is 0. The number of ether oxygens (including phenoxy) is 4. The number of likely N-dealkylation sites (tertiary alicyclic amines) is 2. The number of amides is 2. The van der Waals surface area contributed by atoms with Crippen molar-refractivity contribution in [3.63, 3.8) is 0 Å². The molecule has 0 atom stereocenters. The fourth-order valence-electron chi connectivity index (χ4n) is 7.27. The van der Waals surface area contributed by atoms with Crippen molar-refractivity contribution in [2.24, 2.45) is 0 Å². The van der Waals surface area contributed by atoms with Gasteiger partial charge in [0.2, 0.25) is 0 Å². The lowest BCUT2D eigenvalue weighted by atomic mass is 9.87. The van der Waals surface area contributed by atoms with Crippen molar-refractivity contribution in [2.75, 3.05) is 60.7 Å². The predicted octanol–water partition coefficient (Wildman–Crippen LogP) is 10.6. The van der Waals surface area contributed by atoms with Crippen molar-refractivity contribution in [2.45, 2.75) is 70.1 Å². The Morgan fingerprint density at radius 2 is 1.05 bits per heavy atom. The average molecular weight is 877 g/mol. The molecule has 2 aromatic carbocycles. The molecule has 3 aliphatic rings. The summed E-state index contributed by atoms with van der Waals surface area (Å²) in [5.74, 6) is -1.89. The second kappa shape index (κ2) is 20.1. The summed E-state index contributed by atoms with van der Waals surface area (Å²) < 4.78 is 97.7. The van der Waals surface area contributed by atoms with E-state index in [-0.39, 0.29) is 24.1 Å². The first-order valence-corrected chi connectivity index (χ1v) is 19.9. The standard InChI is InChI=1S/C18H18F3NO4S.C17H16F3NO4S.C4H8O.CH4/c1-25-16(23)15-14(10-5-7-22(8-6-10)17(24)26-2)12-4-3-11(18(19,20)21)9-13(12)27-15;1-25-16(24)21-6-4-9(5-7-21)13-11-3-2-10(17(18,19)20)8-12(11)26-14(13)15(22)23;1-2-4-5-3-1;/h3-4,9-10H,5-8H2,1-2H3;2-3,8-9H,4-7H2,1H3,(H,22,23);1-4H2;1H4. The van der Waals surface area contributed by atoms with Crippen LogP contribution in [0.4, 0.5) is 35.9 Å². The Morgan fingerprint density at radius 1 is 0.661 bits per heavy atom. The molecule has 0 saturated carbocycles. The number of halogens is 6. The van der Waals surface area contributed by atoms with Gasteiger partial charge in [0.05, 0.1) is 32.5 Å². The SMILES string of the molecule is C.C1CCOC1.COC(=O)N1CCC(c2c(C(=O)O)sc3cc(C(F)(F)F)ccc23)CC1.COC(=O)c1sc2cc(C(F)(F)F)ccc2c1C1CCN(C(=O)OC)CC1. The van der Waals surface area contributed by atoms with Gasteiger partial charge in [-0.2, -0.15) is 26.3 Å². The molecule has 0 unspecified atom stereocenters. The van der Waals surface area contributed by atoms with Gasteiger partial charge in [-0.3, -0.25) is 0 Å². The lowest BCUT2D eigenvalue weighted by Crippen LogP contribution is -2.37. The van der Waals surface area contributed by atoms with Crippen LogP contribution in [0.25, 0.3) is 20.2 Å². The molecular formula is C40H46F6N2O9S2. The quantitative estimate of drug-likeness (QED) is 0.121. The molecule has 3 aliphatic heterocycles. The van der Waals surface area contributed by atoms with Crippen LogP contribution in [0.5, 0.6) is 0 Å². The van der Waals surface area contributed by atoms with Gasteiger partial charge in [0.1, 0.15) is 9.75 Å². The summed E-state index contributed by atoms with van der Waals surface area (Å²) in [6.07, 6.45) is -4.98. The van der Waals surface area contributed by atoms with Gasteiger partial charge in [-0.1, -0.05) is 19.6 Å². The van der Waals surface area contributed by atoms with Crippen molar-refractivity contribution in [1.82, 2.24) is 9.80 Å². The van der Waals surface area contributed by atoms with Crippen LogP contribution >= 0.6 is 22.7 Å². The van der Waals surface area contributed by atoms with Crippen LogP contribution in [0.1, 0.15) is 99.4 Å². The molecule has 5 heterocycles. The number of alkyl halides is 6. The van der Waals surface area contributed by atoms with Crippen molar-refractivity contribution < 1.29 is 69.6 Å².